The van der Waals surface area contributed by atoms with Crippen LogP contribution in [0.2, 0.25) is 0 Å². The van der Waals surface area contributed by atoms with Gasteiger partial charge in [-0.15, -0.1) is 0 Å². The maximum Gasteiger partial charge on any atom is 0.0816 e. The highest BCUT2D eigenvalue weighted by atomic mass is 16.5. The Morgan fingerprint density at radius 2 is 1.57 bits per heavy atom. The summed E-state index contributed by atoms with van der Waals surface area (Å²) in [4.78, 5) is 0. The molecule has 84 valence electrons. The summed E-state index contributed by atoms with van der Waals surface area (Å²) < 4.78 is 5.10. The maximum absolute atomic E-state index is 5.10. The number of hydrogen-bond donors (Lipinski definition) is 0. The fourth-order valence-electron chi connectivity index (χ4n) is 1.59. The van der Waals surface area contributed by atoms with E-state index in [-0.39, 0.29) is 0 Å². The normalized spacial score (nSPS) is 11.8. The number of rotatable bonds is 9. The molecule has 0 aromatic heterocycles. The zero-order valence-electron chi connectivity index (χ0n) is 10.1. The van der Waals surface area contributed by atoms with Gasteiger partial charge < -0.3 is 4.74 Å². The van der Waals surface area contributed by atoms with Crippen LogP contribution in [-0.4, -0.2) is 7.11 Å². The van der Waals surface area contributed by atoms with Gasteiger partial charge in [-0.05, 0) is 31.3 Å². The molecule has 0 saturated heterocycles. The first-order valence-electron chi connectivity index (χ1n) is 6.05. The number of methoxy groups -OCH3 is 1. The van der Waals surface area contributed by atoms with E-state index in [0.29, 0.717) is 0 Å². The van der Waals surface area contributed by atoms with Crippen molar-refractivity contribution in [1.29, 1.82) is 0 Å². The van der Waals surface area contributed by atoms with E-state index in [4.69, 9.17) is 4.74 Å². The zero-order valence-corrected chi connectivity index (χ0v) is 10.1. The molecule has 0 aliphatic carbocycles. The van der Waals surface area contributed by atoms with Crippen LogP contribution in [0.3, 0.4) is 0 Å². The van der Waals surface area contributed by atoms with Gasteiger partial charge in [0, 0.05) is 0 Å². The van der Waals surface area contributed by atoms with Gasteiger partial charge in [0.15, 0.2) is 0 Å². The lowest BCUT2D eigenvalue weighted by molar-refractivity contribution is 0.330. The molecule has 0 heterocycles. The molecular weight excluding hydrogens is 172 g/mol. The van der Waals surface area contributed by atoms with Crippen molar-refractivity contribution in [3.8, 4) is 0 Å². The molecule has 0 saturated carbocycles. The molecule has 1 heteroatoms. The molecule has 0 atom stereocenters. The molecule has 0 rings (SSSR count). The predicted molar refractivity (Wildman–Crippen MR) is 63.4 cm³/mol. The van der Waals surface area contributed by atoms with Gasteiger partial charge in [0.25, 0.3) is 0 Å². The Labute approximate surface area is 89.5 Å². The van der Waals surface area contributed by atoms with Gasteiger partial charge in [0.05, 0.1) is 13.4 Å². The third-order valence-electron chi connectivity index (χ3n) is 2.49. The number of allylic oxidation sites excluding steroid dienone is 1. The van der Waals surface area contributed by atoms with Crippen LogP contribution < -0.4 is 0 Å². The largest absolute Gasteiger partial charge is 0.504 e. The molecule has 0 unspecified atom stereocenters. The van der Waals surface area contributed by atoms with Crippen molar-refractivity contribution in [2.75, 3.05) is 7.11 Å². The van der Waals surface area contributed by atoms with Crippen molar-refractivity contribution in [3.63, 3.8) is 0 Å². The van der Waals surface area contributed by atoms with Crippen LogP contribution in [-0.2, 0) is 4.74 Å². The van der Waals surface area contributed by atoms with E-state index < -0.39 is 0 Å². The van der Waals surface area contributed by atoms with E-state index in [9.17, 15) is 0 Å². The average molecular weight is 198 g/mol. The fourth-order valence-corrected chi connectivity index (χ4v) is 1.59. The monoisotopic (exact) mass is 198 g/mol. The second-order valence-corrected chi connectivity index (χ2v) is 3.93. The minimum atomic E-state index is 1.22. The highest BCUT2D eigenvalue weighted by Crippen LogP contribution is 2.16. The van der Waals surface area contributed by atoms with Crippen LogP contribution in [0.4, 0.5) is 0 Å². The molecule has 0 bridgehead atoms. The molecule has 0 amide bonds. The lowest BCUT2D eigenvalue weighted by atomic mass is 10.0. The minimum absolute atomic E-state index is 1.22. The van der Waals surface area contributed by atoms with Crippen LogP contribution in [0.5, 0.6) is 0 Å². The number of ether oxygens (including phenoxy) is 1. The van der Waals surface area contributed by atoms with Gasteiger partial charge in [-0.3, -0.25) is 0 Å². The molecule has 1 nitrogen and oxygen atoms in total. The average Bonchev–Trinajstić information content (AvgIpc) is 2.20. The first-order valence-corrected chi connectivity index (χ1v) is 6.05. The second-order valence-electron chi connectivity index (χ2n) is 3.93. The third kappa shape index (κ3) is 8.15. The molecule has 0 aromatic rings. The first-order chi connectivity index (χ1) is 6.85. The van der Waals surface area contributed by atoms with Crippen molar-refractivity contribution < 1.29 is 4.74 Å². The van der Waals surface area contributed by atoms with Crippen molar-refractivity contribution in [3.05, 3.63) is 11.8 Å². The summed E-state index contributed by atoms with van der Waals surface area (Å²) in [5, 5.41) is 0. The summed E-state index contributed by atoms with van der Waals surface area (Å²) in [7, 11) is 1.75. The lowest BCUT2D eigenvalue weighted by Gasteiger charge is -2.06. The van der Waals surface area contributed by atoms with E-state index in [1.54, 1.807) is 7.11 Å². The smallest absolute Gasteiger partial charge is 0.0816 e. The van der Waals surface area contributed by atoms with Crippen LogP contribution >= 0.6 is 0 Å². The minimum Gasteiger partial charge on any atom is -0.504 e. The van der Waals surface area contributed by atoms with Crippen LogP contribution in [0.1, 0.15) is 65.2 Å². The Kier molecular flexibility index (Phi) is 10.3. The highest BCUT2D eigenvalue weighted by molar-refractivity contribution is 4.97. The summed E-state index contributed by atoms with van der Waals surface area (Å²) in [6.45, 7) is 4.49. The first kappa shape index (κ1) is 13.5. The highest BCUT2D eigenvalue weighted by Gasteiger charge is 1.97. The molecule has 0 fully saturated rings. The molecular formula is C13H26O. The van der Waals surface area contributed by atoms with Crippen molar-refractivity contribution in [1.82, 2.24) is 0 Å². The molecule has 0 radical (unpaired) electrons. The Bertz CT molecular complexity index is 138. The fraction of sp³-hybridized carbons (Fsp3) is 0.846. The van der Waals surface area contributed by atoms with Crippen LogP contribution in [0, 0.1) is 0 Å². The quantitative estimate of drug-likeness (QED) is 0.386. The summed E-state index contributed by atoms with van der Waals surface area (Å²) in [6.07, 6.45) is 12.3. The predicted octanol–water partition coefficient (Wildman–Crippen LogP) is 4.68. The van der Waals surface area contributed by atoms with E-state index in [1.807, 2.05) is 6.26 Å². The molecule has 0 aliphatic rings. The van der Waals surface area contributed by atoms with Crippen molar-refractivity contribution in [2.45, 2.75) is 65.2 Å². The second kappa shape index (κ2) is 10.6. The summed E-state index contributed by atoms with van der Waals surface area (Å²) in [6, 6.07) is 0. The number of hydrogen-bond acceptors (Lipinski definition) is 1. The Hall–Kier alpha value is -0.460. The maximum atomic E-state index is 5.10. The zero-order chi connectivity index (χ0) is 10.6. The molecule has 0 N–H and O–H groups in total. The Morgan fingerprint density at radius 1 is 0.929 bits per heavy atom. The van der Waals surface area contributed by atoms with Gasteiger partial charge >= 0.3 is 0 Å². The van der Waals surface area contributed by atoms with Crippen molar-refractivity contribution >= 4 is 0 Å². The van der Waals surface area contributed by atoms with E-state index in [2.05, 4.69) is 13.8 Å². The SMILES string of the molecule is CCCCCCC(=COC)CCCC. The van der Waals surface area contributed by atoms with Crippen molar-refractivity contribution in [2.24, 2.45) is 0 Å². The van der Waals surface area contributed by atoms with Gasteiger partial charge in [-0.25, -0.2) is 0 Å². The van der Waals surface area contributed by atoms with Crippen LogP contribution in [0.25, 0.3) is 0 Å². The van der Waals surface area contributed by atoms with Gasteiger partial charge in [0.2, 0.25) is 0 Å². The Balaban J connectivity index is 3.57. The van der Waals surface area contributed by atoms with E-state index in [0.717, 1.165) is 0 Å². The molecule has 0 spiro atoms. The standard InChI is InChI=1S/C13H26O/c1-4-6-8-9-11-13(12-14-3)10-7-5-2/h12H,4-11H2,1-3H3. The summed E-state index contributed by atoms with van der Waals surface area (Å²) in [5.41, 5.74) is 1.49. The van der Waals surface area contributed by atoms with E-state index >= 15 is 0 Å². The van der Waals surface area contributed by atoms with Gasteiger partial charge in [-0.2, -0.15) is 0 Å². The molecule has 0 aromatic carbocycles. The number of unbranched alkanes of at least 4 members (excludes halogenated alkanes) is 4. The third-order valence-corrected chi connectivity index (χ3v) is 2.49. The van der Waals surface area contributed by atoms with Gasteiger partial charge in [-0.1, -0.05) is 39.5 Å². The lowest BCUT2D eigenvalue weighted by Crippen LogP contribution is -1.87. The summed E-state index contributed by atoms with van der Waals surface area (Å²) in [5.74, 6) is 0. The Morgan fingerprint density at radius 3 is 2.14 bits per heavy atom. The van der Waals surface area contributed by atoms with Gasteiger partial charge in [0.1, 0.15) is 0 Å². The summed E-state index contributed by atoms with van der Waals surface area (Å²) >= 11 is 0. The van der Waals surface area contributed by atoms with E-state index in [1.165, 1.54) is 56.9 Å². The molecule has 14 heavy (non-hydrogen) atoms. The molecule has 0 aliphatic heterocycles. The topological polar surface area (TPSA) is 9.23 Å². The van der Waals surface area contributed by atoms with Crippen LogP contribution in [0.15, 0.2) is 11.8 Å².